The standard InChI is InChI=1S/C15H30N2O2/c1-6-11(3)14(18)17-12(4)9-8-10-13(7-2)15(19)16-5/h11-13H,6-10H2,1-5H3,(H,16,19)(H,17,18). The van der Waals surface area contributed by atoms with Crippen LogP contribution >= 0.6 is 0 Å². The molecule has 2 amide bonds. The van der Waals surface area contributed by atoms with Crippen LogP contribution < -0.4 is 10.6 Å². The van der Waals surface area contributed by atoms with Crippen molar-refractivity contribution >= 4 is 11.8 Å². The topological polar surface area (TPSA) is 58.2 Å². The van der Waals surface area contributed by atoms with Crippen LogP contribution in [0.4, 0.5) is 0 Å². The van der Waals surface area contributed by atoms with Gasteiger partial charge in [-0.05, 0) is 32.6 Å². The van der Waals surface area contributed by atoms with Crippen LogP contribution in [0.15, 0.2) is 0 Å². The van der Waals surface area contributed by atoms with E-state index in [1.165, 1.54) is 0 Å². The lowest BCUT2D eigenvalue weighted by molar-refractivity contribution is -0.126. The Labute approximate surface area is 117 Å². The minimum atomic E-state index is 0.0803. The van der Waals surface area contributed by atoms with Crippen molar-refractivity contribution < 1.29 is 9.59 Å². The summed E-state index contributed by atoms with van der Waals surface area (Å²) in [4.78, 5) is 23.3. The van der Waals surface area contributed by atoms with Gasteiger partial charge in [-0.15, -0.1) is 0 Å². The van der Waals surface area contributed by atoms with Crippen molar-refractivity contribution in [3.63, 3.8) is 0 Å². The van der Waals surface area contributed by atoms with E-state index in [2.05, 4.69) is 10.6 Å². The minimum Gasteiger partial charge on any atom is -0.359 e. The second kappa shape index (κ2) is 9.82. The zero-order chi connectivity index (χ0) is 14.8. The largest absolute Gasteiger partial charge is 0.359 e. The van der Waals surface area contributed by atoms with Gasteiger partial charge in [-0.3, -0.25) is 9.59 Å². The maximum Gasteiger partial charge on any atom is 0.223 e. The van der Waals surface area contributed by atoms with Crippen molar-refractivity contribution in [3.8, 4) is 0 Å². The smallest absolute Gasteiger partial charge is 0.223 e. The lowest BCUT2D eigenvalue weighted by Gasteiger charge is -2.18. The molecule has 0 aliphatic carbocycles. The van der Waals surface area contributed by atoms with Crippen molar-refractivity contribution in [3.05, 3.63) is 0 Å². The molecule has 0 saturated heterocycles. The van der Waals surface area contributed by atoms with Crippen LogP contribution in [-0.4, -0.2) is 24.9 Å². The summed E-state index contributed by atoms with van der Waals surface area (Å²) in [5, 5.41) is 5.73. The van der Waals surface area contributed by atoms with Gasteiger partial charge in [-0.2, -0.15) is 0 Å². The number of amides is 2. The maximum absolute atomic E-state index is 11.7. The molecule has 0 aromatic carbocycles. The molecule has 0 heterocycles. The van der Waals surface area contributed by atoms with Crippen LogP contribution in [0, 0.1) is 11.8 Å². The van der Waals surface area contributed by atoms with Crippen LogP contribution in [0.1, 0.15) is 59.8 Å². The van der Waals surface area contributed by atoms with Gasteiger partial charge in [0.15, 0.2) is 0 Å². The van der Waals surface area contributed by atoms with Gasteiger partial charge in [0.05, 0.1) is 0 Å². The summed E-state index contributed by atoms with van der Waals surface area (Å²) in [7, 11) is 1.68. The van der Waals surface area contributed by atoms with Gasteiger partial charge in [0.1, 0.15) is 0 Å². The number of rotatable bonds is 9. The first-order chi connectivity index (χ1) is 8.96. The quantitative estimate of drug-likeness (QED) is 0.676. The van der Waals surface area contributed by atoms with E-state index in [9.17, 15) is 9.59 Å². The third-order valence-corrected chi connectivity index (χ3v) is 3.75. The third kappa shape index (κ3) is 7.19. The summed E-state index contributed by atoms with van der Waals surface area (Å²) >= 11 is 0. The Kier molecular flexibility index (Phi) is 9.27. The molecule has 0 aliphatic rings. The fraction of sp³-hybridized carbons (Fsp3) is 0.867. The molecule has 112 valence electrons. The first kappa shape index (κ1) is 17.9. The predicted octanol–water partition coefficient (Wildman–Crippen LogP) is 2.48. The first-order valence-electron chi connectivity index (χ1n) is 7.48. The summed E-state index contributed by atoms with van der Waals surface area (Å²) < 4.78 is 0. The second-order valence-corrected chi connectivity index (χ2v) is 5.37. The molecular formula is C15H30N2O2. The molecule has 0 radical (unpaired) electrons. The highest BCUT2D eigenvalue weighted by Gasteiger charge is 2.16. The van der Waals surface area contributed by atoms with E-state index in [1.54, 1.807) is 7.05 Å². The van der Waals surface area contributed by atoms with Crippen LogP contribution in [0.2, 0.25) is 0 Å². The Balaban J connectivity index is 3.93. The molecule has 3 atom stereocenters. The molecule has 0 spiro atoms. The number of hydrogen-bond acceptors (Lipinski definition) is 2. The molecule has 3 unspecified atom stereocenters. The first-order valence-corrected chi connectivity index (χ1v) is 7.48. The van der Waals surface area contributed by atoms with E-state index in [-0.39, 0.29) is 29.7 Å². The van der Waals surface area contributed by atoms with Gasteiger partial charge in [-0.25, -0.2) is 0 Å². The molecule has 19 heavy (non-hydrogen) atoms. The Morgan fingerprint density at radius 3 is 2.11 bits per heavy atom. The number of nitrogens with one attached hydrogen (secondary N) is 2. The molecule has 0 bridgehead atoms. The highest BCUT2D eigenvalue weighted by atomic mass is 16.2. The monoisotopic (exact) mass is 270 g/mol. The van der Waals surface area contributed by atoms with Gasteiger partial charge in [0.2, 0.25) is 11.8 Å². The SMILES string of the molecule is CCC(C)C(=O)NC(C)CCCC(CC)C(=O)NC. The van der Waals surface area contributed by atoms with Crippen LogP contribution in [0.25, 0.3) is 0 Å². The minimum absolute atomic E-state index is 0.0803. The maximum atomic E-state index is 11.7. The highest BCUT2D eigenvalue weighted by molar-refractivity contribution is 5.78. The van der Waals surface area contributed by atoms with Crippen molar-refractivity contribution in [2.45, 2.75) is 65.8 Å². The number of hydrogen-bond donors (Lipinski definition) is 2. The summed E-state index contributed by atoms with van der Waals surface area (Å²) in [5.41, 5.74) is 0. The van der Waals surface area contributed by atoms with Gasteiger partial charge in [-0.1, -0.05) is 27.2 Å². The molecule has 2 N–H and O–H groups in total. The van der Waals surface area contributed by atoms with E-state index in [0.717, 1.165) is 32.1 Å². The van der Waals surface area contributed by atoms with E-state index >= 15 is 0 Å². The number of carbonyl (C=O) groups is 2. The van der Waals surface area contributed by atoms with Crippen LogP contribution in [0.5, 0.6) is 0 Å². The van der Waals surface area contributed by atoms with Crippen LogP contribution in [-0.2, 0) is 9.59 Å². The molecule has 0 aliphatic heterocycles. The molecule has 4 nitrogen and oxygen atoms in total. The zero-order valence-corrected chi connectivity index (χ0v) is 13.1. The van der Waals surface area contributed by atoms with Crippen LogP contribution in [0.3, 0.4) is 0 Å². The molecule has 0 rings (SSSR count). The van der Waals surface area contributed by atoms with Crippen molar-refractivity contribution in [1.82, 2.24) is 10.6 Å². The summed E-state index contributed by atoms with van der Waals surface area (Å²) in [6.07, 6.45) is 4.52. The average molecular weight is 270 g/mol. The molecule has 0 saturated carbocycles. The summed E-state index contributed by atoms with van der Waals surface area (Å²) in [6.45, 7) is 8.03. The van der Waals surface area contributed by atoms with Crippen molar-refractivity contribution in [2.24, 2.45) is 11.8 Å². The fourth-order valence-electron chi connectivity index (χ4n) is 2.04. The predicted molar refractivity (Wildman–Crippen MR) is 78.8 cm³/mol. The third-order valence-electron chi connectivity index (χ3n) is 3.75. The summed E-state index contributed by atoms with van der Waals surface area (Å²) in [6, 6.07) is 0.184. The Morgan fingerprint density at radius 1 is 1.00 bits per heavy atom. The normalized spacial score (nSPS) is 15.4. The molecule has 0 fully saturated rings. The molecule has 4 heteroatoms. The summed E-state index contributed by atoms with van der Waals surface area (Å²) in [5.74, 6) is 0.436. The van der Waals surface area contributed by atoms with Crippen molar-refractivity contribution in [2.75, 3.05) is 7.05 Å². The lowest BCUT2D eigenvalue weighted by atomic mass is 9.97. The van der Waals surface area contributed by atoms with E-state index in [1.807, 2.05) is 27.7 Å². The Morgan fingerprint density at radius 2 is 1.63 bits per heavy atom. The van der Waals surface area contributed by atoms with Gasteiger partial charge in [0.25, 0.3) is 0 Å². The Bertz CT molecular complexity index is 279. The van der Waals surface area contributed by atoms with Gasteiger partial charge >= 0.3 is 0 Å². The van der Waals surface area contributed by atoms with Gasteiger partial charge < -0.3 is 10.6 Å². The molecule has 0 aromatic rings. The van der Waals surface area contributed by atoms with E-state index < -0.39 is 0 Å². The number of carbonyl (C=O) groups excluding carboxylic acids is 2. The lowest BCUT2D eigenvalue weighted by Crippen LogP contribution is -2.36. The van der Waals surface area contributed by atoms with Gasteiger partial charge in [0, 0.05) is 24.9 Å². The zero-order valence-electron chi connectivity index (χ0n) is 13.1. The Hall–Kier alpha value is -1.06. The fourth-order valence-corrected chi connectivity index (χ4v) is 2.04. The average Bonchev–Trinajstić information content (AvgIpc) is 2.41. The van der Waals surface area contributed by atoms with E-state index in [0.29, 0.717) is 0 Å². The second-order valence-electron chi connectivity index (χ2n) is 5.37. The molecular weight excluding hydrogens is 240 g/mol. The van der Waals surface area contributed by atoms with E-state index in [4.69, 9.17) is 0 Å². The van der Waals surface area contributed by atoms with Crippen molar-refractivity contribution in [1.29, 1.82) is 0 Å². The molecule has 0 aromatic heterocycles. The highest BCUT2D eigenvalue weighted by Crippen LogP contribution is 2.14.